The fraction of sp³-hybridized carbons (Fsp3) is 0.500. The number of nitrogens with two attached hydrogens (primary N) is 1. The molecule has 104 valence electrons. The number of hydrogen-bond acceptors (Lipinski definition) is 5. The van der Waals surface area contributed by atoms with Gasteiger partial charge in [0.05, 0.1) is 18.8 Å². The molecule has 0 radical (unpaired) electrons. The van der Waals surface area contributed by atoms with Crippen molar-refractivity contribution in [3.63, 3.8) is 0 Å². The molecule has 19 heavy (non-hydrogen) atoms. The molecule has 1 aliphatic heterocycles. The van der Waals surface area contributed by atoms with E-state index >= 15 is 0 Å². The number of benzene rings is 1. The molecule has 2 N–H and O–H groups in total. The Hall–Kier alpha value is -1.75. The minimum absolute atomic E-state index is 0.168. The van der Waals surface area contributed by atoms with Crippen LogP contribution in [0.4, 0.5) is 5.69 Å². The van der Waals surface area contributed by atoms with Crippen molar-refractivity contribution in [1.82, 2.24) is 0 Å². The standard InChI is InChI=1S/C14H19NO4/c1-2-18-13-7-10(6-11(15)8-13)14(16)19-12-4-3-5-17-9-12/h6-8,12H,2-5,9,15H2,1H3. The largest absolute Gasteiger partial charge is 0.494 e. The van der Waals surface area contributed by atoms with E-state index in [1.165, 1.54) is 0 Å². The average Bonchev–Trinajstić information content (AvgIpc) is 2.39. The zero-order chi connectivity index (χ0) is 13.7. The van der Waals surface area contributed by atoms with Crippen molar-refractivity contribution in [2.24, 2.45) is 0 Å². The minimum Gasteiger partial charge on any atom is -0.494 e. The molecule has 0 saturated carbocycles. The van der Waals surface area contributed by atoms with Crippen LogP contribution < -0.4 is 10.5 Å². The van der Waals surface area contributed by atoms with E-state index in [-0.39, 0.29) is 12.1 Å². The van der Waals surface area contributed by atoms with Gasteiger partial charge >= 0.3 is 5.97 Å². The molecule has 0 aromatic heterocycles. The summed E-state index contributed by atoms with van der Waals surface area (Å²) in [6, 6.07) is 4.92. The van der Waals surface area contributed by atoms with Crippen LogP contribution in [0.2, 0.25) is 0 Å². The molecule has 0 spiro atoms. The summed E-state index contributed by atoms with van der Waals surface area (Å²) in [5.74, 6) is 0.193. The smallest absolute Gasteiger partial charge is 0.338 e. The summed E-state index contributed by atoms with van der Waals surface area (Å²) in [7, 11) is 0. The summed E-state index contributed by atoms with van der Waals surface area (Å²) in [5.41, 5.74) is 6.64. The number of ether oxygens (including phenoxy) is 3. The summed E-state index contributed by atoms with van der Waals surface area (Å²) in [6.45, 7) is 3.60. The van der Waals surface area contributed by atoms with Gasteiger partial charge in [-0.1, -0.05) is 0 Å². The fourth-order valence-electron chi connectivity index (χ4n) is 2.01. The first-order chi connectivity index (χ1) is 9.19. The lowest BCUT2D eigenvalue weighted by atomic mass is 10.1. The number of rotatable bonds is 4. The molecule has 1 heterocycles. The van der Waals surface area contributed by atoms with Crippen LogP contribution in [0.1, 0.15) is 30.1 Å². The predicted octanol–water partition coefficient (Wildman–Crippen LogP) is 2.00. The first-order valence-electron chi connectivity index (χ1n) is 6.51. The Labute approximate surface area is 112 Å². The molecule has 1 fully saturated rings. The number of carbonyl (C=O) groups is 1. The van der Waals surface area contributed by atoms with Crippen molar-refractivity contribution in [3.05, 3.63) is 23.8 Å². The van der Waals surface area contributed by atoms with Gasteiger partial charge in [0, 0.05) is 18.4 Å². The Morgan fingerprint density at radius 2 is 2.32 bits per heavy atom. The number of anilines is 1. The van der Waals surface area contributed by atoms with Gasteiger partial charge < -0.3 is 19.9 Å². The molecular formula is C14H19NO4. The van der Waals surface area contributed by atoms with Crippen LogP contribution in [-0.4, -0.2) is 31.9 Å². The third-order valence-corrected chi connectivity index (χ3v) is 2.87. The Balaban J connectivity index is 2.05. The Kier molecular flexibility index (Phi) is 4.63. The first kappa shape index (κ1) is 13.7. The van der Waals surface area contributed by atoms with Crippen molar-refractivity contribution in [1.29, 1.82) is 0 Å². The average molecular weight is 265 g/mol. The highest BCUT2D eigenvalue weighted by atomic mass is 16.6. The fourth-order valence-corrected chi connectivity index (χ4v) is 2.01. The molecule has 5 heteroatoms. The number of esters is 1. The van der Waals surface area contributed by atoms with Crippen molar-refractivity contribution in [2.75, 3.05) is 25.6 Å². The lowest BCUT2D eigenvalue weighted by Gasteiger charge is -2.22. The third kappa shape index (κ3) is 3.86. The van der Waals surface area contributed by atoms with Gasteiger partial charge in [-0.05, 0) is 31.9 Å². The quantitative estimate of drug-likeness (QED) is 0.666. The van der Waals surface area contributed by atoms with Crippen LogP contribution in [0, 0.1) is 0 Å². The maximum absolute atomic E-state index is 12.0. The van der Waals surface area contributed by atoms with Crippen LogP contribution in [0.3, 0.4) is 0 Å². The van der Waals surface area contributed by atoms with E-state index in [4.69, 9.17) is 19.9 Å². The van der Waals surface area contributed by atoms with Crippen molar-refractivity contribution < 1.29 is 19.0 Å². The maximum atomic E-state index is 12.0. The molecule has 0 amide bonds. The van der Waals surface area contributed by atoms with Gasteiger partial charge in [0.2, 0.25) is 0 Å². The monoisotopic (exact) mass is 265 g/mol. The van der Waals surface area contributed by atoms with Crippen molar-refractivity contribution in [3.8, 4) is 5.75 Å². The first-order valence-corrected chi connectivity index (χ1v) is 6.51. The lowest BCUT2D eigenvalue weighted by Crippen LogP contribution is -2.28. The second kappa shape index (κ2) is 6.43. The molecule has 5 nitrogen and oxygen atoms in total. The van der Waals surface area contributed by atoms with Gasteiger partial charge in [0.25, 0.3) is 0 Å². The molecule has 1 aliphatic rings. The van der Waals surface area contributed by atoms with Gasteiger partial charge in [-0.3, -0.25) is 0 Å². The molecule has 1 aromatic rings. The number of hydrogen-bond donors (Lipinski definition) is 1. The zero-order valence-corrected chi connectivity index (χ0v) is 11.1. The second-order valence-electron chi connectivity index (χ2n) is 4.47. The third-order valence-electron chi connectivity index (χ3n) is 2.87. The molecule has 1 saturated heterocycles. The Morgan fingerprint density at radius 3 is 3.00 bits per heavy atom. The SMILES string of the molecule is CCOc1cc(N)cc(C(=O)OC2CCCOC2)c1. The van der Waals surface area contributed by atoms with E-state index in [1.807, 2.05) is 6.92 Å². The van der Waals surface area contributed by atoms with Gasteiger partial charge in [-0.2, -0.15) is 0 Å². The summed E-state index contributed by atoms with van der Waals surface area (Å²) in [6.07, 6.45) is 1.59. The highest BCUT2D eigenvalue weighted by Crippen LogP contribution is 2.21. The van der Waals surface area contributed by atoms with Gasteiger partial charge in [-0.25, -0.2) is 4.79 Å². The van der Waals surface area contributed by atoms with E-state index < -0.39 is 0 Å². The summed E-state index contributed by atoms with van der Waals surface area (Å²) < 4.78 is 16.0. The van der Waals surface area contributed by atoms with E-state index in [1.54, 1.807) is 18.2 Å². The van der Waals surface area contributed by atoms with E-state index in [0.717, 1.165) is 19.4 Å². The Morgan fingerprint density at radius 1 is 1.47 bits per heavy atom. The van der Waals surface area contributed by atoms with Crippen molar-refractivity contribution in [2.45, 2.75) is 25.9 Å². The molecule has 1 aromatic carbocycles. The topological polar surface area (TPSA) is 70.8 Å². The minimum atomic E-state index is -0.385. The number of nitrogen functional groups attached to an aromatic ring is 1. The molecular weight excluding hydrogens is 246 g/mol. The second-order valence-corrected chi connectivity index (χ2v) is 4.47. The lowest BCUT2D eigenvalue weighted by molar-refractivity contribution is -0.0306. The van der Waals surface area contributed by atoms with Crippen LogP contribution in [0.5, 0.6) is 5.75 Å². The Bertz CT molecular complexity index is 441. The van der Waals surface area contributed by atoms with Gasteiger partial charge in [0.15, 0.2) is 0 Å². The normalized spacial score (nSPS) is 18.9. The van der Waals surface area contributed by atoms with Gasteiger partial charge in [-0.15, -0.1) is 0 Å². The van der Waals surface area contributed by atoms with E-state index in [2.05, 4.69) is 0 Å². The zero-order valence-electron chi connectivity index (χ0n) is 11.1. The highest BCUT2D eigenvalue weighted by molar-refractivity contribution is 5.91. The van der Waals surface area contributed by atoms with Crippen LogP contribution in [0.25, 0.3) is 0 Å². The van der Waals surface area contributed by atoms with Gasteiger partial charge in [0.1, 0.15) is 11.9 Å². The highest BCUT2D eigenvalue weighted by Gasteiger charge is 2.19. The number of carbonyl (C=O) groups excluding carboxylic acids is 1. The van der Waals surface area contributed by atoms with Crippen LogP contribution in [0.15, 0.2) is 18.2 Å². The van der Waals surface area contributed by atoms with Crippen LogP contribution >= 0.6 is 0 Å². The van der Waals surface area contributed by atoms with Crippen LogP contribution in [-0.2, 0) is 9.47 Å². The summed E-state index contributed by atoms with van der Waals surface area (Å²) in [5, 5.41) is 0. The molecule has 0 bridgehead atoms. The molecule has 2 rings (SSSR count). The molecule has 0 aliphatic carbocycles. The summed E-state index contributed by atoms with van der Waals surface area (Å²) >= 11 is 0. The van der Waals surface area contributed by atoms with E-state index in [0.29, 0.717) is 30.2 Å². The molecule has 1 unspecified atom stereocenters. The maximum Gasteiger partial charge on any atom is 0.338 e. The summed E-state index contributed by atoms with van der Waals surface area (Å²) in [4.78, 5) is 12.0. The predicted molar refractivity (Wildman–Crippen MR) is 71.3 cm³/mol. The van der Waals surface area contributed by atoms with E-state index in [9.17, 15) is 4.79 Å². The molecule has 1 atom stereocenters. The van der Waals surface area contributed by atoms with Crippen molar-refractivity contribution >= 4 is 11.7 Å².